The second-order valence-electron chi connectivity index (χ2n) is 9.31. The molecule has 1 aliphatic rings. The molecule has 0 aliphatic carbocycles. The van der Waals surface area contributed by atoms with E-state index in [4.69, 9.17) is 11.6 Å². The maximum atomic E-state index is 13.7. The molecule has 4 aromatic rings. The number of carbonyl (C=O) groups excluding carboxylic acids is 3. The highest BCUT2D eigenvalue weighted by Gasteiger charge is 2.39. The fourth-order valence-corrected chi connectivity index (χ4v) is 4.62. The monoisotopic (exact) mass is 535 g/mol. The van der Waals surface area contributed by atoms with Gasteiger partial charge in [0, 0.05) is 24.3 Å². The van der Waals surface area contributed by atoms with Crippen molar-refractivity contribution in [1.82, 2.24) is 4.90 Å². The molecule has 1 N–H and O–H groups in total. The van der Waals surface area contributed by atoms with E-state index in [0.29, 0.717) is 30.0 Å². The van der Waals surface area contributed by atoms with E-state index in [9.17, 15) is 14.4 Å². The van der Waals surface area contributed by atoms with Crippen LogP contribution in [0.2, 0.25) is 0 Å². The summed E-state index contributed by atoms with van der Waals surface area (Å²) in [7, 11) is 0. The van der Waals surface area contributed by atoms with Gasteiger partial charge in [-0.15, -0.1) is 0 Å². The van der Waals surface area contributed by atoms with Gasteiger partial charge in [-0.25, -0.2) is 4.90 Å². The van der Waals surface area contributed by atoms with E-state index < -0.39 is 11.8 Å². The predicted octanol–water partition coefficient (Wildman–Crippen LogP) is 6.27. The Morgan fingerprint density at radius 3 is 1.95 bits per heavy atom. The Balaban J connectivity index is 1.38. The van der Waals surface area contributed by atoms with E-state index in [1.165, 1.54) is 0 Å². The van der Waals surface area contributed by atoms with Gasteiger partial charge in [0.1, 0.15) is 10.7 Å². The number of benzene rings is 4. The second-order valence-corrected chi connectivity index (χ2v) is 9.69. The minimum absolute atomic E-state index is 0.0303. The van der Waals surface area contributed by atoms with Gasteiger partial charge in [0.2, 0.25) is 0 Å². The van der Waals surface area contributed by atoms with Crippen LogP contribution < -0.4 is 10.2 Å². The highest BCUT2D eigenvalue weighted by atomic mass is 35.5. The Morgan fingerprint density at radius 1 is 0.769 bits per heavy atom. The van der Waals surface area contributed by atoms with Gasteiger partial charge in [-0.3, -0.25) is 14.4 Å². The van der Waals surface area contributed by atoms with Crippen molar-refractivity contribution >= 4 is 40.7 Å². The first-order chi connectivity index (χ1) is 18.9. The van der Waals surface area contributed by atoms with Gasteiger partial charge in [-0.05, 0) is 48.4 Å². The minimum atomic E-state index is -0.600. The average Bonchev–Trinajstić information content (AvgIpc) is 3.17. The zero-order valence-corrected chi connectivity index (χ0v) is 22.1. The largest absolute Gasteiger partial charge is 0.350 e. The molecular weight excluding hydrogens is 510 g/mol. The summed E-state index contributed by atoms with van der Waals surface area (Å²) in [5.41, 5.74) is 4.35. The van der Waals surface area contributed by atoms with Crippen molar-refractivity contribution in [2.24, 2.45) is 0 Å². The van der Waals surface area contributed by atoms with Crippen molar-refractivity contribution in [3.8, 4) is 0 Å². The van der Waals surface area contributed by atoms with Crippen LogP contribution in [0.4, 0.5) is 11.4 Å². The first kappa shape index (κ1) is 25.9. The molecule has 4 aromatic carbocycles. The fourth-order valence-electron chi connectivity index (χ4n) is 4.40. The molecule has 1 aliphatic heterocycles. The molecule has 0 radical (unpaired) electrons. The smallest absolute Gasteiger partial charge is 0.283 e. The molecule has 0 atom stereocenters. The summed E-state index contributed by atoms with van der Waals surface area (Å²) < 4.78 is 0. The van der Waals surface area contributed by atoms with Crippen LogP contribution in [0, 0.1) is 6.92 Å². The minimum Gasteiger partial charge on any atom is -0.350 e. The van der Waals surface area contributed by atoms with Crippen LogP contribution in [0.25, 0.3) is 0 Å². The van der Waals surface area contributed by atoms with Crippen LogP contribution in [0.3, 0.4) is 0 Å². The normalized spacial score (nSPS) is 13.1. The lowest BCUT2D eigenvalue weighted by Gasteiger charge is -2.23. The Kier molecular flexibility index (Phi) is 7.57. The fraction of sp³-hybridized carbons (Fsp3) is 0.0938. The van der Waals surface area contributed by atoms with Gasteiger partial charge in [0.15, 0.2) is 0 Å². The van der Waals surface area contributed by atoms with Gasteiger partial charge in [0.25, 0.3) is 17.7 Å². The number of anilines is 2. The number of hydrogen-bond acceptors (Lipinski definition) is 4. The number of carbonyl (C=O) groups is 3. The highest BCUT2D eigenvalue weighted by Crippen LogP contribution is 2.30. The number of hydrogen-bond donors (Lipinski definition) is 1. The number of imide groups is 1. The van der Waals surface area contributed by atoms with E-state index in [1.807, 2.05) is 79.7 Å². The van der Waals surface area contributed by atoms with Crippen molar-refractivity contribution in [2.45, 2.75) is 20.0 Å². The van der Waals surface area contributed by atoms with Crippen LogP contribution in [0.15, 0.2) is 120 Å². The second kappa shape index (κ2) is 11.4. The van der Waals surface area contributed by atoms with Crippen LogP contribution in [-0.4, -0.2) is 22.6 Å². The Bertz CT molecular complexity index is 1510. The number of amides is 3. The first-order valence-corrected chi connectivity index (χ1v) is 12.9. The Morgan fingerprint density at radius 2 is 1.36 bits per heavy atom. The van der Waals surface area contributed by atoms with E-state index in [1.54, 1.807) is 41.3 Å². The van der Waals surface area contributed by atoms with E-state index in [-0.39, 0.29) is 16.6 Å². The van der Waals surface area contributed by atoms with Crippen LogP contribution in [0.1, 0.15) is 27.0 Å². The molecule has 0 fully saturated rings. The third kappa shape index (κ3) is 5.76. The molecule has 0 saturated heterocycles. The average molecular weight is 536 g/mol. The highest BCUT2D eigenvalue weighted by molar-refractivity contribution is 6.53. The number of nitrogens with zero attached hydrogens (tertiary/aromatic N) is 2. The van der Waals surface area contributed by atoms with Crippen LogP contribution in [-0.2, 0) is 22.7 Å². The van der Waals surface area contributed by atoms with Crippen molar-refractivity contribution in [3.05, 3.63) is 142 Å². The molecule has 7 heteroatoms. The maximum absolute atomic E-state index is 13.7. The van der Waals surface area contributed by atoms with Gasteiger partial charge in [-0.2, -0.15) is 0 Å². The predicted molar refractivity (Wildman–Crippen MR) is 153 cm³/mol. The number of nitrogens with one attached hydrogen (secondary N) is 1. The molecule has 194 valence electrons. The standard InChI is InChI=1S/C32H26ClN3O3/c1-22-15-17-27(18-16-22)36-31(38)28(33)29(32(36)39)34-26-14-8-13-25(19-26)30(37)35(20-23-9-4-2-5-10-23)21-24-11-6-3-7-12-24/h2-19,34H,20-21H2,1H3. The molecule has 39 heavy (non-hydrogen) atoms. The number of rotatable bonds is 8. The summed E-state index contributed by atoms with van der Waals surface area (Å²) in [6.07, 6.45) is 0. The summed E-state index contributed by atoms with van der Waals surface area (Å²) in [6.45, 7) is 2.79. The van der Waals surface area contributed by atoms with Crippen LogP contribution >= 0.6 is 11.6 Å². The topological polar surface area (TPSA) is 69.7 Å². The molecule has 0 aromatic heterocycles. The third-order valence-electron chi connectivity index (χ3n) is 6.42. The summed E-state index contributed by atoms with van der Waals surface area (Å²) in [6, 6.07) is 33.5. The molecule has 0 spiro atoms. The zero-order chi connectivity index (χ0) is 27.4. The zero-order valence-electron chi connectivity index (χ0n) is 21.3. The summed E-state index contributed by atoms with van der Waals surface area (Å²) in [5, 5.41) is 2.78. The lowest BCUT2D eigenvalue weighted by molar-refractivity contribution is -0.120. The first-order valence-electron chi connectivity index (χ1n) is 12.5. The quantitative estimate of drug-likeness (QED) is 0.270. The van der Waals surface area contributed by atoms with Gasteiger partial charge in [-0.1, -0.05) is 96.0 Å². The molecular formula is C32H26ClN3O3. The molecule has 0 bridgehead atoms. The van der Waals surface area contributed by atoms with Gasteiger partial charge in [0.05, 0.1) is 5.69 Å². The SMILES string of the molecule is Cc1ccc(N2C(=O)C(Cl)=C(Nc3cccc(C(=O)N(Cc4ccccc4)Cc4ccccc4)c3)C2=O)cc1. The Labute approximate surface area is 232 Å². The van der Waals surface area contributed by atoms with Crippen molar-refractivity contribution in [3.63, 3.8) is 0 Å². The Hall–Kier alpha value is -4.68. The number of halogens is 1. The lowest BCUT2D eigenvalue weighted by atomic mass is 10.1. The summed E-state index contributed by atoms with van der Waals surface area (Å²) >= 11 is 6.31. The van der Waals surface area contributed by atoms with Gasteiger partial charge < -0.3 is 10.2 Å². The summed E-state index contributed by atoms with van der Waals surface area (Å²) in [4.78, 5) is 42.5. The molecule has 1 heterocycles. The van der Waals surface area contributed by atoms with Crippen molar-refractivity contribution in [2.75, 3.05) is 10.2 Å². The molecule has 3 amide bonds. The molecule has 0 unspecified atom stereocenters. The number of aryl methyl sites for hydroxylation is 1. The molecule has 6 nitrogen and oxygen atoms in total. The molecule has 0 saturated carbocycles. The summed E-state index contributed by atoms with van der Waals surface area (Å²) in [5.74, 6) is -1.32. The van der Waals surface area contributed by atoms with E-state index >= 15 is 0 Å². The van der Waals surface area contributed by atoms with Crippen molar-refractivity contribution in [1.29, 1.82) is 0 Å². The lowest BCUT2D eigenvalue weighted by Crippen LogP contribution is -2.32. The maximum Gasteiger partial charge on any atom is 0.283 e. The molecule has 5 rings (SSSR count). The van der Waals surface area contributed by atoms with Gasteiger partial charge >= 0.3 is 0 Å². The van der Waals surface area contributed by atoms with Crippen molar-refractivity contribution < 1.29 is 14.4 Å². The van der Waals surface area contributed by atoms with E-state index in [0.717, 1.165) is 21.6 Å². The van der Waals surface area contributed by atoms with Crippen LogP contribution in [0.5, 0.6) is 0 Å². The van der Waals surface area contributed by atoms with E-state index in [2.05, 4.69) is 5.32 Å². The third-order valence-corrected chi connectivity index (χ3v) is 6.77.